The van der Waals surface area contributed by atoms with E-state index in [1.54, 1.807) is 18.3 Å². The molecule has 0 aliphatic rings. The van der Waals surface area contributed by atoms with E-state index < -0.39 is 0 Å². The summed E-state index contributed by atoms with van der Waals surface area (Å²) in [5.41, 5.74) is 0.974. The van der Waals surface area contributed by atoms with Gasteiger partial charge in [-0.3, -0.25) is 0 Å². The third kappa shape index (κ3) is 4.02. The second-order valence-corrected chi connectivity index (χ2v) is 5.18. The molecule has 0 amide bonds. The largest absolute Gasteiger partial charge is 0.439 e. The van der Waals surface area contributed by atoms with Crippen molar-refractivity contribution in [3.8, 4) is 11.6 Å². The van der Waals surface area contributed by atoms with Crippen LogP contribution in [-0.4, -0.2) is 11.5 Å². The molecule has 0 fully saturated rings. The first-order valence-corrected chi connectivity index (χ1v) is 7.27. The van der Waals surface area contributed by atoms with Crippen LogP contribution >= 0.6 is 15.9 Å². The number of nitrogens with one attached hydrogen (secondary N) is 1. The molecule has 1 heterocycles. The molecule has 0 unspecified atom stereocenters. The summed E-state index contributed by atoms with van der Waals surface area (Å²) in [5.74, 6) is 0.770. The molecule has 3 nitrogen and oxygen atoms in total. The lowest BCUT2D eigenvalue weighted by Gasteiger charge is -2.10. The molecule has 0 saturated carbocycles. The van der Waals surface area contributed by atoms with Crippen molar-refractivity contribution in [3.05, 3.63) is 52.4 Å². The van der Waals surface area contributed by atoms with Gasteiger partial charge in [0.2, 0.25) is 5.88 Å². The summed E-state index contributed by atoms with van der Waals surface area (Å²) >= 11 is 3.14. The summed E-state index contributed by atoms with van der Waals surface area (Å²) in [6.07, 6.45) is 2.75. The van der Waals surface area contributed by atoms with Crippen molar-refractivity contribution in [1.82, 2.24) is 10.3 Å². The lowest BCUT2D eigenvalue weighted by Crippen LogP contribution is -2.14. The van der Waals surface area contributed by atoms with Gasteiger partial charge < -0.3 is 10.1 Å². The Bertz CT molecular complexity index is 578. The Balaban J connectivity index is 2.13. The Morgan fingerprint density at radius 1 is 1.35 bits per heavy atom. The van der Waals surface area contributed by atoms with Gasteiger partial charge in [-0.1, -0.05) is 13.0 Å². The van der Waals surface area contributed by atoms with E-state index in [-0.39, 0.29) is 5.82 Å². The molecule has 2 aromatic rings. The van der Waals surface area contributed by atoms with Gasteiger partial charge in [0.1, 0.15) is 11.6 Å². The smallest absolute Gasteiger partial charge is 0.223 e. The number of hydrogen-bond donors (Lipinski definition) is 1. The van der Waals surface area contributed by atoms with Crippen LogP contribution in [0.2, 0.25) is 0 Å². The minimum atomic E-state index is -0.316. The fourth-order valence-electron chi connectivity index (χ4n) is 1.70. The first kappa shape index (κ1) is 14.9. The molecule has 0 aliphatic carbocycles. The molecule has 0 saturated heterocycles. The van der Waals surface area contributed by atoms with Gasteiger partial charge in [-0.05, 0) is 53.2 Å². The molecule has 0 radical (unpaired) electrons. The van der Waals surface area contributed by atoms with Gasteiger partial charge in [0, 0.05) is 18.3 Å². The molecule has 1 aromatic heterocycles. The van der Waals surface area contributed by atoms with Gasteiger partial charge in [0.15, 0.2) is 0 Å². The highest BCUT2D eigenvalue weighted by molar-refractivity contribution is 9.10. The maximum absolute atomic E-state index is 13.2. The summed E-state index contributed by atoms with van der Waals surface area (Å²) in [6.45, 7) is 3.75. The number of nitrogens with zero attached hydrogens (tertiary/aromatic N) is 1. The first-order chi connectivity index (χ1) is 9.70. The molecule has 106 valence electrons. The Labute approximate surface area is 126 Å². The molecular weight excluding hydrogens is 323 g/mol. The minimum Gasteiger partial charge on any atom is -0.439 e. The molecule has 0 aliphatic heterocycles. The molecule has 1 aromatic carbocycles. The zero-order valence-corrected chi connectivity index (χ0v) is 12.8. The second kappa shape index (κ2) is 7.36. The number of aromatic nitrogens is 1. The van der Waals surface area contributed by atoms with E-state index >= 15 is 0 Å². The number of rotatable bonds is 6. The number of halogens is 2. The van der Waals surface area contributed by atoms with Crippen LogP contribution in [-0.2, 0) is 6.54 Å². The molecule has 1 N–H and O–H groups in total. The van der Waals surface area contributed by atoms with Crippen LogP contribution in [0.3, 0.4) is 0 Å². The number of benzene rings is 1. The zero-order chi connectivity index (χ0) is 14.4. The van der Waals surface area contributed by atoms with E-state index in [4.69, 9.17) is 4.74 Å². The van der Waals surface area contributed by atoms with Crippen LogP contribution in [0.25, 0.3) is 0 Å². The highest BCUT2D eigenvalue weighted by Gasteiger charge is 2.07. The molecule has 0 atom stereocenters. The number of hydrogen-bond acceptors (Lipinski definition) is 3. The SMILES string of the molecule is CCCNCc1cccnc1Oc1ccc(F)c(Br)c1. The van der Waals surface area contributed by atoms with Crippen LogP contribution in [0.4, 0.5) is 4.39 Å². The molecule has 5 heteroatoms. The zero-order valence-electron chi connectivity index (χ0n) is 11.2. The fraction of sp³-hybridized carbons (Fsp3) is 0.267. The summed E-state index contributed by atoms with van der Waals surface area (Å²) in [6, 6.07) is 8.36. The third-order valence-corrected chi connectivity index (χ3v) is 3.31. The third-order valence-electron chi connectivity index (χ3n) is 2.70. The van der Waals surface area contributed by atoms with Crippen LogP contribution < -0.4 is 10.1 Å². The number of pyridine rings is 1. The van der Waals surface area contributed by atoms with Gasteiger partial charge in [-0.2, -0.15) is 0 Å². The number of ether oxygens (including phenoxy) is 1. The predicted molar refractivity (Wildman–Crippen MR) is 80.4 cm³/mol. The average Bonchev–Trinajstić information content (AvgIpc) is 2.45. The highest BCUT2D eigenvalue weighted by atomic mass is 79.9. The maximum Gasteiger partial charge on any atom is 0.223 e. The van der Waals surface area contributed by atoms with Gasteiger partial charge in [0.05, 0.1) is 4.47 Å². The lowest BCUT2D eigenvalue weighted by molar-refractivity contribution is 0.451. The average molecular weight is 339 g/mol. The standard InChI is InChI=1S/C15H16BrFN2O/c1-2-7-18-10-11-4-3-8-19-15(11)20-12-5-6-14(17)13(16)9-12/h3-6,8-9,18H,2,7,10H2,1H3. The van der Waals surface area contributed by atoms with Crippen LogP contribution in [0.5, 0.6) is 11.6 Å². The van der Waals surface area contributed by atoms with Crippen LogP contribution in [0, 0.1) is 5.82 Å². The van der Waals surface area contributed by atoms with Crippen molar-refractivity contribution in [2.45, 2.75) is 19.9 Å². The normalized spacial score (nSPS) is 10.6. The predicted octanol–water partition coefficient (Wildman–Crippen LogP) is 4.28. The van der Waals surface area contributed by atoms with E-state index in [0.717, 1.165) is 18.5 Å². The summed E-state index contributed by atoms with van der Waals surface area (Å²) < 4.78 is 19.3. The van der Waals surface area contributed by atoms with Gasteiger partial charge in [-0.25, -0.2) is 9.37 Å². The summed E-state index contributed by atoms with van der Waals surface area (Å²) in [4.78, 5) is 4.23. The van der Waals surface area contributed by atoms with Crippen molar-refractivity contribution in [3.63, 3.8) is 0 Å². The van der Waals surface area contributed by atoms with E-state index in [0.29, 0.717) is 22.6 Å². The van der Waals surface area contributed by atoms with Crippen LogP contribution in [0.15, 0.2) is 41.0 Å². The topological polar surface area (TPSA) is 34.2 Å². The Morgan fingerprint density at radius 3 is 2.95 bits per heavy atom. The van der Waals surface area contributed by atoms with E-state index in [1.165, 1.54) is 6.07 Å². The maximum atomic E-state index is 13.2. The van der Waals surface area contributed by atoms with Gasteiger partial charge in [0.25, 0.3) is 0 Å². The van der Waals surface area contributed by atoms with Crippen molar-refractivity contribution >= 4 is 15.9 Å². The summed E-state index contributed by atoms with van der Waals surface area (Å²) in [5, 5.41) is 3.31. The minimum absolute atomic E-state index is 0.316. The van der Waals surface area contributed by atoms with Gasteiger partial charge in [-0.15, -0.1) is 0 Å². The van der Waals surface area contributed by atoms with E-state index in [2.05, 4.69) is 33.2 Å². The molecule has 0 spiro atoms. The van der Waals surface area contributed by atoms with E-state index in [9.17, 15) is 4.39 Å². The van der Waals surface area contributed by atoms with Crippen LogP contribution in [0.1, 0.15) is 18.9 Å². The highest BCUT2D eigenvalue weighted by Crippen LogP contribution is 2.27. The Kier molecular flexibility index (Phi) is 5.49. The Morgan fingerprint density at radius 2 is 2.20 bits per heavy atom. The van der Waals surface area contributed by atoms with Gasteiger partial charge >= 0.3 is 0 Å². The molecule has 0 bridgehead atoms. The van der Waals surface area contributed by atoms with Crippen molar-refractivity contribution in [1.29, 1.82) is 0 Å². The van der Waals surface area contributed by atoms with E-state index in [1.807, 2.05) is 12.1 Å². The first-order valence-electron chi connectivity index (χ1n) is 6.48. The lowest BCUT2D eigenvalue weighted by atomic mass is 10.2. The summed E-state index contributed by atoms with van der Waals surface area (Å²) in [7, 11) is 0. The fourth-order valence-corrected chi connectivity index (χ4v) is 2.06. The molecular formula is C15H16BrFN2O. The van der Waals surface area contributed by atoms with Crippen molar-refractivity contribution < 1.29 is 9.13 Å². The quantitative estimate of drug-likeness (QED) is 0.798. The molecule has 2 rings (SSSR count). The van der Waals surface area contributed by atoms with Crippen molar-refractivity contribution in [2.75, 3.05) is 6.54 Å². The second-order valence-electron chi connectivity index (χ2n) is 4.32. The Hall–Kier alpha value is -1.46. The van der Waals surface area contributed by atoms with Crippen molar-refractivity contribution in [2.24, 2.45) is 0 Å². The molecule has 20 heavy (non-hydrogen) atoms. The monoisotopic (exact) mass is 338 g/mol.